The standard InChI is InChI=1S/C11H12F3NO4/c1-19-6-9(16)4-7-2-3-8(15(17)18)5-10(7)11(12,13)14/h2-3,5,9,16H,4,6H2,1H3. The zero-order chi connectivity index (χ0) is 14.6. The van der Waals surface area contributed by atoms with Gasteiger partial charge in [-0.3, -0.25) is 10.1 Å². The van der Waals surface area contributed by atoms with Crippen molar-refractivity contribution in [2.24, 2.45) is 0 Å². The second kappa shape index (κ2) is 5.98. The van der Waals surface area contributed by atoms with Crippen molar-refractivity contribution in [3.8, 4) is 0 Å². The first kappa shape index (κ1) is 15.4. The van der Waals surface area contributed by atoms with E-state index >= 15 is 0 Å². The maximum atomic E-state index is 12.8. The Hall–Kier alpha value is -1.67. The van der Waals surface area contributed by atoms with E-state index in [-0.39, 0.29) is 18.6 Å². The van der Waals surface area contributed by atoms with Gasteiger partial charge in [0.1, 0.15) is 0 Å². The number of non-ortho nitro benzene ring substituents is 1. The number of nitro groups is 1. The van der Waals surface area contributed by atoms with Crippen molar-refractivity contribution in [1.82, 2.24) is 0 Å². The molecule has 0 aliphatic carbocycles. The molecule has 0 aromatic heterocycles. The molecule has 0 aliphatic rings. The van der Waals surface area contributed by atoms with Gasteiger partial charge in [0.05, 0.1) is 23.2 Å². The van der Waals surface area contributed by atoms with E-state index in [0.717, 1.165) is 12.1 Å². The quantitative estimate of drug-likeness (QED) is 0.662. The van der Waals surface area contributed by atoms with Crippen LogP contribution >= 0.6 is 0 Å². The number of rotatable bonds is 5. The van der Waals surface area contributed by atoms with Gasteiger partial charge in [0.25, 0.3) is 5.69 Å². The number of alkyl halides is 3. The van der Waals surface area contributed by atoms with Crippen molar-refractivity contribution in [3.05, 3.63) is 39.4 Å². The number of aliphatic hydroxyl groups is 1. The summed E-state index contributed by atoms with van der Waals surface area (Å²) in [7, 11) is 1.31. The predicted octanol–water partition coefficient (Wildman–Crippen LogP) is 2.16. The molecular formula is C11H12F3NO4. The monoisotopic (exact) mass is 279 g/mol. The van der Waals surface area contributed by atoms with Crippen LogP contribution in [0, 0.1) is 10.1 Å². The summed E-state index contributed by atoms with van der Waals surface area (Å²) >= 11 is 0. The fourth-order valence-corrected chi connectivity index (χ4v) is 1.63. The highest BCUT2D eigenvalue weighted by Gasteiger charge is 2.35. The number of ether oxygens (including phenoxy) is 1. The molecule has 0 saturated carbocycles. The molecule has 0 aliphatic heterocycles. The maximum Gasteiger partial charge on any atom is 0.416 e. The molecule has 1 aromatic rings. The summed E-state index contributed by atoms with van der Waals surface area (Å²) < 4.78 is 43.0. The lowest BCUT2D eigenvalue weighted by atomic mass is 10.0. The van der Waals surface area contributed by atoms with Crippen molar-refractivity contribution >= 4 is 5.69 Å². The first-order valence-corrected chi connectivity index (χ1v) is 5.27. The Morgan fingerprint density at radius 3 is 2.58 bits per heavy atom. The molecular weight excluding hydrogens is 267 g/mol. The number of nitrogens with zero attached hydrogens (tertiary/aromatic N) is 1. The van der Waals surface area contributed by atoms with E-state index in [1.165, 1.54) is 7.11 Å². The van der Waals surface area contributed by atoms with Crippen molar-refractivity contribution in [3.63, 3.8) is 0 Å². The van der Waals surface area contributed by atoms with Crippen LogP contribution in [0.4, 0.5) is 18.9 Å². The van der Waals surface area contributed by atoms with Gasteiger partial charge in [-0.25, -0.2) is 0 Å². The predicted molar refractivity (Wildman–Crippen MR) is 59.7 cm³/mol. The van der Waals surface area contributed by atoms with Crippen LogP contribution in [-0.4, -0.2) is 29.9 Å². The van der Waals surface area contributed by atoms with Crippen LogP contribution in [0.25, 0.3) is 0 Å². The zero-order valence-corrected chi connectivity index (χ0v) is 9.98. The van der Waals surface area contributed by atoms with Crippen molar-refractivity contribution < 1.29 is 27.9 Å². The van der Waals surface area contributed by atoms with Crippen molar-refractivity contribution in [2.45, 2.75) is 18.7 Å². The molecule has 0 fully saturated rings. The molecule has 0 saturated heterocycles. The molecule has 0 amide bonds. The summed E-state index contributed by atoms with van der Waals surface area (Å²) in [6.45, 7) is -0.117. The van der Waals surface area contributed by atoms with Gasteiger partial charge < -0.3 is 9.84 Å². The molecule has 1 unspecified atom stereocenters. The minimum Gasteiger partial charge on any atom is -0.390 e. The molecule has 1 atom stereocenters. The fourth-order valence-electron chi connectivity index (χ4n) is 1.63. The first-order chi connectivity index (χ1) is 8.75. The summed E-state index contributed by atoms with van der Waals surface area (Å²) in [6, 6.07) is 2.44. The van der Waals surface area contributed by atoms with Crippen LogP contribution in [0.1, 0.15) is 11.1 Å². The highest BCUT2D eigenvalue weighted by molar-refractivity contribution is 5.41. The van der Waals surface area contributed by atoms with Gasteiger partial charge in [0.2, 0.25) is 0 Å². The minimum absolute atomic E-state index is 0.117. The highest BCUT2D eigenvalue weighted by atomic mass is 19.4. The topological polar surface area (TPSA) is 72.6 Å². The number of hydrogen-bond acceptors (Lipinski definition) is 4. The number of halogens is 3. The van der Waals surface area contributed by atoms with Crippen LogP contribution < -0.4 is 0 Å². The number of methoxy groups -OCH3 is 1. The maximum absolute atomic E-state index is 12.8. The lowest BCUT2D eigenvalue weighted by Gasteiger charge is -2.15. The largest absolute Gasteiger partial charge is 0.416 e. The molecule has 106 valence electrons. The Labute approximate surface area is 106 Å². The summed E-state index contributed by atoms with van der Waals surface area (Å²) in [4.78, 5) is 9.59. The van der Waals surface area contributed by atoms with Gasteiger partial charge in [-0.15, -0.1) is 0 Å². The molecule has 0 radical (unpaired) electrons. The third-order valence-corrected chi connectivity index (χ3v) is 2.42. The fraction of sp³-hybridized carbons (Fsp3) is 0.455. The molecule has 8 heteroatoms. The smallest absolute Gasteiger partial charge is 0.390 e. The van der Waals surface area contributed by atoms with Crippen LogP contribution in [0.2, 0.25) is 0 Å². The molecule has 0 heterocycles. The van der Waals surface area contributed by atoms with Crippen LogP contribution in [0.5, 0.6) is 0 Å². The molecule has 1 rings (SSSR count). The number of hydrogen-bond donors (Lipinski definition) is 1. The first-order valence-electron chi connectivity index (χ1n) is 5.27. The van der Waals surface area contributed by atoms with E-state index in [0.29, 0.717) is 6.07 Å². The Morgan fingerprint density at radius 2 is 2.11 bits per heavy atom. The molecule has 0 spiro atoms. The zero-order valence-electron chi connectivity index (χ0n) is 9.98. The van der Waals surface area contributed by atoms with E-state index in [4.69, 9.17) is 0 Å². The minimum atomic E-state index is -4.71. The van der Waals surface area contributed by atoms with Crippen LogP contribution in [0.15, 0.2) is 18.2 Å². The van der Waals surface area contributed by atoms with E-state index in [9.17, 15) is 28.4 Å². The average Bonchev–Trinajstić information content (AvgIpc) is 2.27. The third-order valence-electron chi connectivity index (χ3n) is 2.42. The summed E-state index contributed by atoms with van der Waals surface area (Å²) in [5, 5.41) is 19.9. The van der Waals surface area contributed by atoms with Crippen LogP contribution in [-0.2, 0) is 17.3 Å². The van der Waals surface area contributed by atoms with E-state index in [1.807, 2.05) is 0 Å². The number of nitro benzene ring substituents is 1. The van der Waals surface area contributed by atoms with Gasteiger partial charge in [-0.2, -0.15) is 13.2 Å². The van der Waals surface area contributed by atoms with Gasteiger partial charge in [0, 0.05) is 25.7 Å². The lowest BCUT2D eigenvalue weighted by molar-refractivity contribution is -0.385. The average molecular weight is 279 g/mol. The van der Waals surface area contributed by atoms with Gasteiger partial charge >= 0.3 is 6.18 Å². The Kier molecular flexibility index (Phi) is 4.84. The molecule has 0 bridgehead atoms. The summed E-state index contributed by atoms with van der Waals surface area (Å²) in [6.07, 6.45) is -6.11. The molecule has 19 heavy (non-hydrogen) atoms. The van der Waals surface area contributed by atoms with E-state index in [1.54, 1.807) is 0 Å². The third kappa shape index (κ3) is 4.18. The second-order valence-electron chi connectivity index (χ2n) is 3.91. The normalized spacial score (nSPS) is 13.3. The number of aliphatic hydroxyl groups excluding tert-OH is 1. The summed E-state index contributed by atoms with van der Waals surface area (Å²) in [5.74, 6) is 0. The van der Waals surface area contributed by atoms with Gasteiger partial charge in [-0.05, 0) is 5.56 Å². The number of benzene rings is 1. The lowest BCUT2D eigenvalue weighted by Crippen LogP contribution is -2.20. The SMILES string of the molecule is COCC(O)Cc1ccc([N+](=O)[O-])cc1C(F)(F)F. The van der Waals surface area contributed by atoms with Gasteiger partial charge in [-0.1, -0.05) is 6.07 Å². The second-order valence-corrected chi connectivity index (χ2v) is 3.91. The Bertz CT molecular complexity index is 462. The van der Waals surface area contributed by atoms with Crippen molar-refractivity contribution in [1.29, 1.82) is 0 Å². The molecule has 1 N–H and O–H groups in total. The molecule has 5 nitrogen and oxygen atoms in total. The highest BCUT2D eigenvalue weighted by Crippen LogP contribution is 2.34. The molecule has 1 aromatic carbocycles. The summed E-state index contributed by atoms with van der Waals surface area (Å²) in [5.41, 5.74) is -1.96. The Balaban J connectivity index is 3.13. The van der Waals surface area contributed by atoms with Crippen LogP contribution in [0.3, 0.4) is 0 Å². The van der Waals surface area contributed by atoms with Crippen molar-refractivity contribution in [2.75, 3.05) is 13.7 Å². The van der Waals surface area contributed by atoms with E-state index < -0.39 is 28.5 Å². The Morgan fingerprint density at radius 1 is 1.47 bits per heavy atom. The van der Waals surface area contributed by atoms with E-state index in [2.05, 4.69) is 4.74 Å². The van der Waals surface area contributed by atoms with Gasteiger partial charge in [0.15, 0.2) is 0 Å².